The van der Waals surface area contributed by atoms with Crippen molar-refractivity contribution in [3.8, 4) is 0 Å². The summed E-state index contributed by atoms with van der Waals surface area (Å²) in [6.07, 6.45) is -23.8. The Bertz CT molecular complexity index is 3090. The number of carboxylic acids is 3. The number of carbonyl (C=O) groups excluding carboxylic acids is 3. The fourth-order valence-corrected chi connectivity index (χ4v) is 10.1. The van der Waals surface area contributed by atoms with Crippen LogP contribution < -0.4 is 15.3 Å². The quantitative estimate of drug-likeness (QED) is 0.0559. The first-order valence-corrected chi connectivity index (χ1v) is 27.7. The van der Waals surface area contributed by atoms with Crippen LogP contribution in [0.2, 0.25) is 0 Å². The summed E-state index contributed by atoms with van der Waals surface area (Å²) in [5.41, 5.74) is 0. The maximum absolute atomic E-state index is 13.8. The number of hydrogen-bond donors (Lipinski definition) is 0. The molecule has 0 aliphatic rings. The molecule has 0 amide bonds. The van der Waals surface area contributed by atoms with Gasteiger partial charge in [0.25, 0.3) is 30.1 Å². The number of likely N-dealkylation sites (N-methyl/N-ethyl adjacent to an activating group) is 3. The average Bonchev–Trinajstić information content (AvgIpc) is 0.698. The van der Waals surface area contributed by atoms with Gasteiger partial charge in [-0.25, -0.2) is 25.3 Å². The number of alkyl halides is 51. The van der Waals surface area contributed by atoms with Crippen molar-refractivity contribution in [2.24, 2.45) is 0 Å². The van der Waals surface area contributed by atoms with Gasteiger partial charge in [0.1, 0.15) is 0 Å². The van der Waals surface area contributed by atoms with Crippen LogP contribution in [-0.4, -0.2) is 236 Å². The first-order chi connectivity index (χ1) is 44.6. The summed E-state index contributed by atoms with van der Waals surface area (Å²) in [5, 5.41) is 7.52. The molecule has 0 spiro atoms. The number of carboxylic acid groups (broad SMARTS) is 3. The smallest absolute Gasteiger partial charge is 0.549 e. The topological polar surface area (TPSA) is 233 Å². The van der Waals surface area contributed by atoms with E-state index in [1.165, 1.54) is 0 Å². The van der Waals surface area contributed by atoms with E-state index >= 15 is 0 Å². The SMILES string of the molecule is CCN(CC(=O)[O-])S(=O)(=O)C(F)(F)C(F)(F)C(F)(F)C(F)(F)C(F)(F)C(F)(F)C(F)(F)C(F)(F)F.CCN(CC(=O)[O-])S(=O)(=O)C(F)(F)C(F)(F)C(F)(F)C(F)(F)C(F)(F)C(F)(F)C(F)(F)C(F)(F)F.CCN(CC(=O)[O-])S(=O)(=O)C(F)(F)C(F)(F)C(F)(F)C(F)(F)C(F)(F)C(F)(F)C(F)(F)C(F)(F)F.[Cr+3]. The molecule has 0 aliphatic carbocycles. The minimum absolute atomic E-state index is 0. The van der Waals surface area contributed by atoms with E-state index in [-0.39, 0.29) is 17.4 Å². The van der Waals surface area contributed by atoms with Gasteiger partial charge in [-0.05, 0) is 0 Å². The zero-order valence-corrected chi connectivity index (χ0v) is 51.6. The van der Waals surface area contributed by atoms with Crippen molar-refractivity contribution in [3.05, 3.63) is 0 Å². The number of nitrogens with zero attached hydrogens (tertiary/aromatic N) is 3. The van der Waals surface area contributed by atoms with Crippen LogP contribution in [0.4, 0.5) is 224 Å². The number of rotatable bonds is 33. The van der Waals surface area contributed by atoms with Crippen LogP contribution in [0.25, 0.3) is 0 Å². The van der Waals surface area contributed by atoms with E-state index in [4.69, 9.17) is 0 Å². The molecule has 0 rings (SSSR count). The Kier molecular flexibility index (Phi) is 30.4. The van der Waals surface area contributed by atoms with E-state index in [0.29, 0.717) is 20.8 Å². The Morgan fingerprint density at radius 2 is 0.311 bits per heavy atom. The predicted octanol–water partition coefficient (Wildman–Crippen LogP) is 10.1. The van der Waals surface area contributed by atoms with Crippen molar-refractivity contribution in [3.63, 3.8) is 0 Å². The van der Waals surface area contributed by atoms with Crippen molar-refractivity contribution in [1.82, 2.24) is 12.9 Å². The number of aliphatic carboxylic acids is 3. The first kappa shape index (κ1) is 107. The van der Waals surface area contributed by atoms with Crippen LogP contribution >= 0.6 is 0 Å². The van der Waals surface area contributed by atoms with Gasteiger partial charge in [0.2, 0.25) is 0 Å². The summed E-state index contributed by atoms with van der Waals surface area (Å²) in [5.74, 6) is -165. The second kappa shape index (κ2) is 30.0. The Morgan fingerprint density at radius 1 is 0.217 bits per heavy atom. The van der Waals surface area contributed by atoms with Crippen molar-refractivity contribution < 1.29 is 296 Å². The molecule has 633 valence electrons. The van der Waals surface area contributed by atoms with Gasteiger partial charge in [-0.1, -0.05) is 20.8 Å². The molecule has 0 aliphatic heterocycles. The molecule has 0 saturated heterocycles. The minimum Gasteiger partial charge on any atom is -0.549 e. The Labute approximate surface area is 557 Å². The van der Waals surface area contributed by atoms with Gasteiger partial charge in [-0.3, -0.25) is 0 Å². The van der Waals surface area contributed by atoms with Crippen molar-refractivity contribution >= 4 is 48.0 Å². The van der Waals surface area contributed by atoms with E-state index in [1.807, 2.05) is 0 Å². The molecule has 15 nitrogen and oxygen atoms in total. The molecular weight excluding hydrogens is 1780 g/mol. The summed E-state index contributed by atoms with van der Waals surface area (Å²) in [7, 11) is -22.9. The molecule has 0 saturated carbocycles. The van der Waals surface area contributed by atoms with Gasteiger partial charge >= 0.3 is 158 Å². The third-order valence-corrected chi connectivity index (χ3v) is 18.0. The first-order valence-electron chi connectivity index (χ1n) is 23.4. The zero-order chi connectivity index (χ0) is 87.2. The summed E-state index contributed by atoms with van der Waals surface area (Å²) in [6, 6.07) is 0. The molecule has 1 radical (unpaired) electrons. The van der Waals surface area contributed by atoms with E-state index in [9.17, 15) is 279 Å². The Hall–Kier alpha value is -4.90. The Balaban J connectivity index is -0.000000733. The fourth-order valence-electron chi connectivity index (χ4n) is 5.95. The monoisotopic (exact) mass is 1800 g/mol. The number of hydrogen-bond acceptors (Lipinski definition) is 12. The molecule has 0 aromatic carbocycles. The molecule has 0 heterocycles. The van der Waals surface area contributed by atoms with Gasteiger partial charge in [-0.2, -0.15) is 237 Å². The van der Waals surface area contributed by atoms with Crippen molar-refractivity contribution in [2.45, 2.75) is 162 Å². The summed E-state index contributed by atoms with van der Waals surface area (Å²) in [6.45, 7) is -11.1. The summed E-state index contributed by atoms with van der Waals surface area (Å²) >= 11 is 0. The molecule has 0 unspecified atom stereocenters. The molecule has 0 N–H and O–H groups in total. The summed E-state index contributed by atoms with van der Waals surface area (Å²) < 4.78 is 735. The van der Waals surface area contributed by atoms with Gasteiger partial charge < -0.3 is 29.7 Å². The third-order valence-electron chi connectivity index (χ3n) is 12.0. The van der Waals surface area contributed by atoms with E-state index in [1.54, 1.807) is 0 Å². The van der Waals surface area contributed by atoms with Gasteiger partial charge in [0.05, 0.1) is 37.5 Å². The third kappa shape index (κ3) is 15.6. The second-order valence-corrected chi connectivity index (χ2v) is 24.7. The number of carbonyl (C=O) groups is 3. The molecule has 0 atom stereocenters. The van der Waals surface area contributed by atoms with Crippen LogP contribution in [0, 0.1) is 0 Å². The fraction of sp³-hybridized carbons (Fsp3) is 0.917. The van der Waals surface area contributed by atoms with Crippen LogP contribution in [0.5, 0.6) is 0 Å². The molecular formula is C36H21CrF51N3O12S3. The largest absolute Gasteiger partial charge is 3.00 e. The molecule has 0 fully saturated rings. The van der Waals surface area contributed by atoms with Crippen LogP contribution in [0.15, 0.2) is 0 Å². The van der Waals surface area contributed by atoms with Gasteiger partial charge in [-0.15, -0.1) is 0 Å². The maximum atomic E-state index is 13.8. The molecule has 0 bridgehead atoms. The zero-order valence-electron chi connectivity index (χ0n) is 47.9. The summed E-state index contributed by atoms with van der Waals surface area (Å²) in [4.78, 5) is 30.9. The van der Waals surface area contributed by atoms with Crippen LogP contribution in [0.1, 0.15) is 20.8 Å². The predicted molar refractivity (Wildman–Crippen MR) is 216 cm³/mol. The van der Waals surface area contributed by atoms with Crippen molar-refractivity contribution in [2.75, 3.05) is 39.3 Å². The normalized spacial score (nSPS) is 15.9. The standard InChI is InChI=1S/3C12H8F17NO4S.Cr/c3*1-2-30(3-4(31)32)35(33,34)12(28,29)10(23,24)8(19,20)6(15,16)5(13,14)7(17,18)9(21,22)11(25,26)27;/h3*2-3H2,1H3,(H,31,32);/q;;;+3/p-3. The van der Waals surface area contributed by atoms with Crippen molar-refractivity contribution in [1.29, 1.82) is 0 Å². The number of halogens is 51. The average molecular weight is 1800 g/mol. The van der Waals surface area contributed by atoms with Crippen LogP contribution in [-0.2, 0) is 61.8 Å². The van der Waals surface area contributed by atoms with Gasteiger partial charge in [0, 0.05) is 19.6 Å². The Morgan fingerprint density at radius 3 is 0.396 bits per heavy atom. The molecule has 0 aromatic rings. The van der Waals surface area contributed by atoms with E-state index in [0.717, 1.165) is 0 Å². The molecule has 70 heteroatoms. The van der Waals surface area contributed by atoms with E-state index < -0.39 is 241 Å². The van der Waals surface area contributed by atoms with Gasteiger partial charge in [0.15, 0.2) is 0 Å². The minimum atomic E-state index is -8.95. The molecule has 0 aromatic heterocycles. The number of sulfonamides is 3. The molecule has 106 heavy (non-hydrogen) atoms. The van der Waals surface area contributed by atoms with E-state index in [2.05, 4.69) is 0 Å². The van der Waals surface area contributed by atoms with Crippen LogP contribution in [0.3, 0.4) is 0 Å². The maximum Gasteiger partial charge on any atom is 3.00 e. The second-order valence-electron chi connectivity index (χ2n) is 18.8.